The van der Waals surface area contributed by atoms with E-state index >= 15 is 0 Å². The molecule has 1 aromatic carbocycles. The van der Waals surface area contributed by atoms with Gasteiger partial charge >= 0.3 is 0 Å². The van der Waals surface area contributed by atoms with Gasteiger partial charge in [0.1, 0.15) is 11.9 Å². The predicted octanol–water partition coefficient (Wildman–Crippen LogP) is 2.70. The lowest BCUT2D eigenvalue weighted by Gasteiger charge is -2.33. The first-order valence-electron chi connectivity index (χ1n) is 8.52. The van der Waals surface area contributed by atoms with E-state index in [2.05, 4.69) is 41.4 Å². The molecular formula is C18H28N2O. The molecule has 0 amide bonds. The lowest BCUT2D eigenvalue weighted by molar-refractivity contribution is 0.116. The maximum absolute atomic E-state index is 6.06. The Kier molecular flexibility index (Phi) is 5.15. The van der Waals surface area contributed by atoms with Gasteiger partial charge in [-0.3, -0.25) is 4.90 Å². The van der Waals surface area contributed by atoms with Crippen molar-refractivity contribution in [2.75, 3.05) is 32.7 Å². The van der Waals surface area contributed by atoms with Crippen LogP contribution in [-0.4, -0.2) is 43.7 Å². The number of piperidine rings is 1. The number of para-hydroxylation sites is 1. The molecule has 1 unspecified atom stereocenters. The second-order valence-electron chi connectivity index (χ2n) is 6.50. The molecule has 0 aliphatic carbocycles. The van der Waals surface area contributed by atoms with E-state index in [0.717, 1.165) is 31.2 Å². The monoisotopic (exact) mass is 288 g/mol. The zero-order chi connectivity index (χ0) is 14.5. The third-order valence-corrected chi connectivity index (χ3v) is 4.74. The van der Waals surface area contributed by atoms with Gasteiger partial charge in [0, 0.05) is 13.0 Å². The van der Waals surface area contributed by atoms with Gasteiger partial charge < -0.3 is 10.1 Å². The fourth-order valence-corrected chi connectivity index (χ4v) is 3.50. The molecule has 2 heterocycles. The second-order valence-corrected chi connectivity index (χ2v) is 6.50. The van der Waals surface area contributed by atoms with Gasteiger partial charge in [0.05, 0.1) is 0 Å². The molecule has 1 aromatic rings. The molecule has 1 saturated heterocycles. The summed E-state index contributed by atoms with van der Waals surface area (Å²) in [5.41, 5.74) is 1.38. The van der Waals surface area contributed by atoms with Crippen LogP contribution in [0.1, 0.15) is 31.7 Å². The van der Waals surface area contributed by atoms with Crippen LogP contribution in [0.3, 0.4) is 0 Å². The highest BCUT2D eigenvalue weighted by atomic mass is 16.5. The van der Waals surface area contributed by atoms with Crippen LogP contribution in [0.4, 0.5) is 0 Å². The van der Waals surface area contributed by atoms with Crippen molar-refractivity contribution in [3.63, 3.8) is 0 Å². The van der Waals surface area contributed by atoms with E-state index in [1.165, 1.54) is 44.5 Å². The molecule has 2 aliphatic rings. The topological polar surface area (TPSA) is 24.5 Å². The maximum Gasteiger partial charge on any atom is 0.123 e. The zero-order valence-electron chi connectivity index (χ0n) is 13.2. The number of rotatable bonds is 6. The van der Waals surface area contributed by atoms with E-state index in [1.54, 1.807) is 0 Å². The fraction of sp³-hybridized carbons (Fsp3) is 0.667. The summed E-state index contributed by atoms with van der Waals surface area (Å²) in [5.74, 6) is 1.97. The van der Waals surface area contributed by atoms with E-state index in [-0.39, 0.29) is 0 Å². The van der Waals surface area contributed by atoms with Crippen molar-refractivity contribution < 1.29 is 4.74 Å². The summed E-state index contributed by atoms with van der Waals surface area (Å²) in [6, 6.07) is 8.47. The van der Waals surface area contributed by atoms with Gasteiger partial charge in [-0.05, 0) is 63.0 Å². The molecule has 0 spiro atoms. The molecule has 3 rings (SSSR count). The summed E-state index contributed by atoms with van der Waals surface area (Å²) >= 11 is 0. The summed E-state index contributed by atoms with van der Waals surface area (Å²) < 4.78 is 6.06. The third kappa shape index (κ3) is 3.98. The number of hydrogen-bond donors (Lipinski definition) is 1. The van der Waals surface area contributed by atoms with Crippen molar-refractivity contribution in [3.05, 3.63) is 29.8 Å². The highest BCUT2D eigenvalue weighted by molar-refractivity contribution is 5.37. The van der Waals surface area contributed by atoms with Gasteiger partial charge in [-0.1, -0.05) is 25.1 Å². The molecule has 0 radical (unpaired) electrons. The largest absolute Gasteiger partial charge is 0.488 e. The number of fused-ring (bicyclic) bond motifs is 1. The van der Waals surface area contributed by atoms with E-state index < -0.39 is 0 Å². The van der Waals surface area contributed by atoms with Crippen molar-refractivity contribution in [3.8, 4) is 5.75 Å². The predicted molar refractivity (Wildman–Crippen MR) is 86.9 cm³/mol. The van der Waals surface area contributed by atoms with Crippen molar-refractivity contribution in [1.82, 2.24) is 10.2 Å². The maximum atomic E-state index is 6.06. The molecule has 21 heavy (non-hydrogen) atoms. The average Bonchev–Trinajstić information content (AvgIpc) is 2.91. The van der Waals surface area contributed by atoms with Crippen molar-refractivity contribution in [1.29, 1.82) is 0 Å². The Hall–Kier alpha value is -1.06. The number of likely N-dealkylation sites (tertiary alicyclic amines) is 1. The second kappa shape index (κ2) is 7.28. The summed E-state index contributed by atoms with van der Waals surface area (Å²) in [4.78, 5) is 2.59. The molecule has 3 heteroatoms. The Labute approximate surface area is 128 Å². The molecule has 0 aromatic heterocycles. The van der Waals surface area contributed by atoms with Crippen LogP contribution in [0.5, 0.6) is 5.75 Å². The molecule has 0 saturated carbocycles. The summed E-state index contributed by atoms with van der Waals surface area (Å²) in [6.45, 7) is 8.14. The molecule has 1 atom stereocenters. The van der Waals surface area contributed by atoms with Crippen LogP contribution in [0, 0.1) is 5.92 Å². The highest BCUT2D eigenvalue weighted by Gasteiger charge is 2.26. The first-order chi connectivity index (χ1) is 10.3. The van der Waals surface area contributed by atoms with Crippen LogP contribution in [0.15, 0.2) is 24.3 Å². The normalized spacial score (nSPS) is 23.0. The number of nitrogens with zero attached hydrogens (tertiary/aromatic N) is 1. The molecule has 1 fully saturated rings. The fourth-order valence-electron chi connectivity index (χ4n) is 3.50. The molecule has 116 valence electrons. The molecule has 2 aliphatic heterocycles. The van der Waals surface area contributed by atoms with Crippen LogP contribution in [0.2, 0.25) is 0 Å². The van der Waals surface area contributed by atoms with Gasteiger partial charge in [-0.25, -0.2) is 0 Å². The number of hydrogen-bond acceptors (Lipinski definition) is 3. The minimum Gasteiger partial charge on any atom is -0.488 e. The van der Waals surface area contributed by atoms with Gasteiger partial charge in [-0.2, -0.15) is 0 Å². The summed E-state index contributed by atoms with van der Waals surface area (Å²) in [7, 11) is 0. The van der Waals surface area contributed by atoms with Crippen molar-refractivity contribution >= 4 is 0 Å². The Balaban J connectivity index is 1.39. The van der Waals surface area contributed by atoms with E-state index in [9.17, 15) is 0 Å². The van der Waals surface area contributed by atoms with E-state index in [0.29, 0.717) is 6.10 Å². The smallest absolute Gasteiger partial charge is 0.123 e. The van der Waals surface area contributed by atoms with Crippen molar-refractivity contribution in [2.24, 2.45) is 5.92 Å². The van der Waals surface area contributed by atoms with Crippen LogP contribution in [0.25, 0.3) is 0 Å². The highest BCUT2D eigenvalue weighted by Crippen LogP contribution is 2.29. The quantitative estimate of drug-likeness (QED) is 0.815. The Bertz CT molecular complexity index is 416. The third-order valence-electron chi connectivity index (χ3n) is 4.74. The van der Waals surface area contributed by atoms with Crippen LogP contribution in [-0.2, 0) is 6.42 Å². The zero-order valence-corrected chi connectivity index (χ0v) is 13.2. The van der Waals surface area contributed by atoms with Gasteiger partial charge in [-0.15, -0.1) is 0 Å². The minimum absolute atomic E-state index is 0.358. The summed E-state index contributed by atoms with van der Waals surface area (Å²) in [5, 5.41) is 3.56. The lowest BCUT2D eigenvalue weighted by Crippen LogP contribution is -2.42. The minimum atomic E-state index is 0.358. The Morgan fingerprint density at radius 1 is 1.24 bits per heavy atom. The standard InChI is InChI=1S/C18H28N2O/c1-2-9-19-13-15-7-10-20(11-8-15)14-17-12-16-5-3-4-6-18(16)21-17/h3-6,15,17,19H,2,7-14H2,1H3. The molecule has 3 nitrogen and oxygen atoms in total. The van der Waals surface area contributed by atoms with Crippen molar-refractivity contribution in [2.45, 2.75) is 38.7 Å². The molecular weight excluding hydrogens is 260 g/mol. The summed E-state index contributed by atoms with van der Waals surface area (Å²) in [6.07, 6.45) is 5.33. The number of benzene rings is 1. The van der Waals surface area contributed by atoms with Gasteiger partial charge in [0.2, 0.25) is 0 Å². The Morgan fingerprint density at radius 2 is 2.05 bits per heavy atom. The van der Waals surface area contributed by atoms with Gasteiger partial charge in [0.15, 0.2) is 0 Å². The SMILES string of the molecule is CCCNCC1CCN(CC2Cc3ccccc3O2)CC1. The first kappa shape index (κ1) is 14.9. The van der Waals surface area contributed by atoms with Crippen LogP contribution >= 0.6 is 0 Å². The lowest BCUT2D eigenvalue weighted by atomic mass is 9.96. The average molecular weight is 288 g/mol. The number of nitrogens with one attached hydrogen (secondary N) is 1. The molecule has 1 N–H and O–H groups in total. The van der Waals surface area contributed by atoms with E-state index in [4.69, 9.17) is 4.74 Å². The Morgan fingerprint density at radius 3 is 2.81 bits per heavy atom. The van der Waals surface area contributed by atoms with E-state index in [1.807, 2.05) is 0 Å². The first-order valence-corrected chi connectivity index (χ1v) is 8.52. The molecule has 0 bridgehead atoms. The number of ether oxygens (including phenoxy) is 1. The van der Waals surface area contributed by atoms with Crippen LogP contribution < -0.4 is 10.1 Å². The van der Waals surface area contributed by atoms with Gasteiger partial charge in [0.25, 0.3) is 0 Å².